The van der Waals surface area contributed by atoms with Gasteiger partial charge in [0.25, 0.3) is 0 Å². The number of rotatable bonds is 3. The quantitative estimate of drug-likeness (QED) is 0.884. The van der Waals surface area contributed by atoms with Crippen molar-refractivity contribution in [3.63, 3.8) is 0 Å². The molecule has 0 radical (unpaired) electrons. The van der Waals surface area contributed by atoms with Gasteiger partial charge in [-0.15, -0.1) is 0 Å². The maximum Gasteiger partial charge on any atom is 0.119 e. The predicted molar refractivity (Wildman–Crippen MR) is 74.1 cm³/mol. The molecule has 1 aliphatic carbocycles. The van der Waals surface area contributed by atoms with Crippen LogP contribution in [0.1, 0.15) is 51.5 Å². The molecule has 18 heavy (non-hydrogen) atoms. The summed E-state index contributed by atoms with van der Waals surface area (Å²) in [5, 5.41) is 11.0. The molecule has 0 aromatic heterocycles. The zero-order valence-electron chi connectivity index (χ0n) is 11.7. The smallest absolute Gasteiger partial charge is 0.119 e. The first-order valence-corrected chi connectivity index (χ1v) is 6.93. The number of hydrogen-bond acceptors (Lipinski definition) is 2. The summed E-state index contributed by atoms with van der Waals surface area (Å²) in [4.78, 5) is 0. The fourth-order valence-electron chi connectivity index (χ4n) is 3.35. The first-order valence-electron chi connectivity index (χ1n) is 6.93. The summed E-state index contributed by atoms with van der Waals surface area (Å²) in [6.45, 7) is 4.29. The van der Waals surface area contributed by atoms with Gasteiger partial charge in [-0.25, -0.2) is 0 Å². The highest BCUT2D eigenvalue weighted by Crippen LogP contribution is 2.48. The van der Waals surface area contributed by atoms with Gasteiger partial charge in [-0.2, -0.15) is 0 Å². The number of ether oxygens (including phenoxy) is 1. The second-order valence-electron chi connectivity index (χ2n) is 5.66. The number of aliphatic hydroxyl groups is 1. The van der Waals surface area contributed by atoms with Crippen LogP contribution in [0.25, 0.3) is 0 Å². The minimum atomic E-state index is -0.586. The van der Waals surface area contributed by atoms with Crippen LogP contribution in [0, 0.1) is 0 Å². The highest BCUT2D eigenvalue weighted by molar-refractivity contribution is 5.36. The fraction of sp³-hybridized carbons (Fsp3) is 0.625. The van der Waals surface area contributed by atoms with E-state index in [1.54, 1.807) is 7.11 Å². The van der Waals surface area contributed by atoms with E-state index < -0.39 is 5.60 Å². The van der Waals surface area contributed by atoms with Crippen molar-refractivity contribution in [3.05, 3.63) is 29.8 Å². The molecule has 0 saturated heterocycles. The van der Waals surface area contributed by atoms with Crippen molar-refractivity contribution >= 4 is 0 Å². The van der Waals surface area contributed by atoms with Gasteiger partial charge < -0.3 is 9.84 Å². The first-order chi connectivity index (χ1) is 8.55. The highest BCUT2D eigenvalue weighted by Gasteiger charge is 2.48. The summed E-state index contributed by atoms with van der Waals surface area (Å²) in [5.74, 6) is 0.873. The van der Waals surface area contributed by atoms with Gasteiger partial charge in [0.2, 0.25) is 0 Å². The van der Waals surface area contributed by atoms with Crippen LogP contribution in [-0.4, -0.2) is 17.8 Å². The van der Waals surface area contributed by atoms with Crippen LogP contribution in [0.15, 0.2) is 24.3 Å². The van der Waals surface area contributed by atoms with E-state index in [0.29, 0.717) is 0 Å². The van der Waals surface area contributed by atoms with E-state index in [9.17, 15) is 5.11 Å². The Morgan fingerprint density at radius 3 is 2.67 bits per heavy atom. The molecule has 1 aromatic rings. The van der Waals surface area contributed by atoms with E-state index in [1.807, 2.05) is 12.1 Å². The molecule has 1 aromatic carbocycles. The highest BCUT2D eigenvalue weighted by atomic mass is 16.5. The fourth-order valence-corrected chi connectivity index (χ4v) is 3.35. The van der Waals surface area contributed by atoms with E-state index in [-0.39, 0.29) is 5.41 Å². The third-order valence-electron chi connectivity index (χ3n) is 4.84. The molecule has 0 aliphatic heterocycles. The summed E-state index contributed by atoms with van der Waals surface area (Å²) in [5.41, 5.74) is 0.456. The lowest BCUT2D eigenvalue weighted by Crippen LogP contribution is -2.51. The molecular weight excluding hydrogens is 224 g/mol. The molecule has 2 heteroatoms. The Labute approximate surface area is 110 Å². The Kier molecular flexibility index (Phi) is 3.67. The van der Waals surface area contributed by atoms with Gasteiger partial charge >= 0.3 is 0 Å². The Bertz CT molecular complexity index is 415. The van der Waals surface area contributed by atoms with Crippen molar-refractivity contribution in [3.8, 4) is 5.75 Å². The second kappa shape index (κ2) is 4.93. The molecule has 2 rings (SSSR count). The average Bonchev–Trinajstić information content (AvgIpc) is 2.42. The predicted octanol–water partition coefficient (Wildman–Crippen LogP) is 3.67. The SMILES string of the molecule is CCC1(O)CCCCC1(C)c1cccc(OC)c1. The Morgan fingerprint density at radius 2 is 2.00 bits per heavy atom. The van der Waals surface area contributed by atoms with Crippen LogP contribution in [0.3, 0.4) is 0 Å². The third-order valence-corrected chi connectivity index (χ3v) is 4.84. The molecule has 2 unspecified atom stereocenters. The lowest BCUT2D eigenvalue weighted by Gasteiger charge is -2.49. The van der Waals surface area contributed by atoms with Crippen molar-refractivity contribution in [1.82, 2.24) is 0 Å². The lowest BCUT2D eigenvalue weighted by atomic mass is 9.60. The maximum atomic E-state index is 11.0. The molecule has 0 spiro atoms. The second-order valence-corrected chi connectivity index (χ2v) is 5.66. The number of benzene rings is 1. The Balaban J connectivity index is 2.43. The van der Waals surface area contributed by atoms with E-state index >= 15 is 0 Å². The minimum absolute atomic E-state index is 0.158. The number of methoxy groups -OCH3 is 1. The lowest BCUT2D eigenvalue weighted by molar-refractivity contribution is -0.0661. The van der Waals surface area contributed by atoms with E-state index in [4.69, 9.17) is 4.74 Å². The van der Waals surface area contributed by atoms with Crippen molar-refractivity contribution in [2.24, 2.45) is 0 Å². The van der Waals surface area contributed by atoms with Crippen molar-refractivity contribution in [2.75, 3.05) is 7.11 Å². The van der Waals surface area contributed by atoms with Gasteiger partial charge in [0, 0.05) is 5.41 Å². The van der Waals surface area contributed by atoms with Gasteiger partial charge in [0.1, 0.15) is 5.75 Å². The van der Waals surface area contributed by atoms with Gasteiger partial charge in [0.05, 0.1) is 12.7 Å². The standard InChI is InChI=1S/C16H24O2/c1-4-16(17)11-6-5-10-15(16,2)13-8-7-9-14(12-13)18-3/h7-9,12,17H,4-6,10-11H2,1-3H3. The average molecular weight is 248 g/mol. The molecular formula is C16H24O2. The van der Waals surface area contributed by atoms with Gasteiger partial charge in [-0.3, -0.25) is 0 Å². The minimum Gasteiger partial charge on any atom is -0.497 e. The largest absolute Gasteiger partial charge is 0.497 e. The molecule has 0 bridgehead atoms. The van der Waals surface area contributed by atoms with E-state index in [2.05, 4.69) is 26.0 Å². The monoisotopic (exact) mass is 248 g/mol. The molecule has 1 fully saturated rings. The normalized spacial score (nSPS) is 32.2. The van der Waals surface area contributed by atoms with Gasteiger partial charge in [0.15, 0.2) is 0 Å². The third kappa shape index (κ3) is 2.03. The summed E-state index contributed by atoms with van der Waals surface area (Å²) in [6, 6.07) is 8.17. The van der Waals surface area contributed by atoms with Crippen LogP contribution in [0.2, 0.25) is 0 Å². The molecule has 1 N–H and O–H groups in total. The van der Waals surface area contributed by atoms with Gasteiger partial charge in [-0.1, -0.05) is 38.8 Å². The van der Waals surface area contributed by atoms with Crippen molar-refractivity contribution < 1.29 is 9.84 Å². The van der Waals surface area contributed by atoms with Gasteiger partial charge in [-0.05, 0) is 37.0 Å². The summed E-state index contributed by atoms with van der Waals surface area (Å²) < 4.78 is 5.31. The maximum absolute atomic E-state index is 11.0. The van der Waals surface area contributed by atoms with Crippen LogP contribution in [-0.2, 0) is 5.41 Å². The van der Waals surface area contributed by atoms with Crippen LogP contribution < -0.4 is 4.74 Å². The van der Waals surface area contributed by atoms with E-state index in [1.165, 1.54) is 12.0 Å². The Hall–Kier alpha value is -1.02. The van der Waals surface area contributed by atoms with Crippen molar-refractivity contribution in [2.45, 2.75) is 57.0 Å². The molecule has 1 aliphatic rings. The van der Waals surface area contributed by atoms with Crippen LogP contribution in [0.5, 0.6) is 5.75 Å². The van der Waals surface area contributed by atoms with E-state index in [0.717, 1.165) is 31.4 Å². The Morgan fingerprint density at radius 1 is 1.28 bits per heavy atom. The summed E-state index contributed by atoms with van der Waals surface area (Å²) >= 11 is 0. The van der Waals surface area contributed by atoms with Crippen LogP contribution >= 0.6 is 0 Å². The molecule has 0 amide bonds. The molecule has 100 valence electrons. The molecule has 2 nitrogen and oxygen atoms in total. The number of hydrogen-bond donors (Lipinski definition) is 1. The molecule has 0 heterocycles. The van der Waals surface area contributed by atoms with Crippen molar-refractivity contribution in [1.29, 1.82) is 0 Å². The summed E-state index contributed by atoms with van der Waals surface area (Å²) in [7, 11) is 1.69. The topological polar surface area (TPSA) is 29.5 Å². The zero-order valence-corrected chi connectivity index (χ0v) is 11.7. The first kappa shape index (κ1) is 13.4. The molecule has 1 saturated carbocycles. The van der Waals surface area contributed by atoms with Crippen LogP contribution in [0.4, 0.5) is 0 Å². The molecule has 2 atom stereocenters. The summed E-state index contributed by atoms with van der Waals surface area (Å²) in [6.07, 6.45) is 5.07. The zero-order chi connectivity index (χ0) is 13.2.